The van der Waals surface area contributed by atoms with Crippen molar-refractivity contribution in [3.05, 3.63) is 35.9 Å². The zero-order valence-corrected chi connectivity index (χ0v) is 14.6. The summed E-state index contributed by atoms with van der Waals surface area (Å²) in [6.07, 6.45) is 9.65. The zero-order chi connectivity index (χ0) is 16.6. The molecule has 1 saturated carbocycles. The van der Waals surface area contributed by atoms with Crippen molar-refractivity contribution in [2.75, 3.05) is 13.2 Å². The maximum Gasteiger partial charge on any atom is 0.189 e. The summed E-state index contributed by atoms with van der Waals surface area (Å²) in [5, 5.41) is 3.51. The first kappa shape index (κ1) is 17.3. The van der Waals surface area contributed by atoms with Gasteiger partial charge < -0.3 is 15.8 Å². The van der Waals surface area contributed by atoms with Crippen molar-refractivity contribution in [2.45, 2.75) is 63.5 Å². The third-order valence-electron chi connectivity index (χ3n) is 5.33. The molecule has 0 aromatic heterocycles. The summed E-state index contributed by atoms with van der Waals surface area (Å²) in [6.45, 7) is 1.77. The molecular formula is C20H31N3O. The molecule has 2 aliphatic rings. The van der Waals surface area contributed by atoms with Gasteiger partial charge in [-0.05, 0) is 43.6 Å². The molecule has 1 unspecified atom stereocenters. The normalized spacial score (nSPS) is 22.2. The molecule has 3 N–H and O–H groups in total. The number of nitrogens with two attached hydrogens (primary N) is 1. The van der Waals surface area contributed by atoms with Crippen LogP contribution < -0.4 is 11.1 Å². The molecule has 1 saturated heterocycles. The quantitative estimate of drug-likeness (QED) is 0.638. The van der Waals surface area contributed by atoms with Gasteiger partial charge in [0.15, 0.2) is 5.96 Å². The van der Waals surface area contributed by atoms with E-state index in [9.17, 15) is 0 Å². The summed E-state index contributed by atoms with van der Waals surface area (Å²) >= 11 is 0. The van der Waals surface area contributed by atoms with Crippen LogP contribution in [0, 0.1) is 5.92 Å². The van der Waals surface area contributed by atoms with Crippen LogP contribution in [-0.2, 0) is 4.74 Å². The lowest BCUT2D eigenvalue weighted by Gasteiger charge is -2.28. The Morgan fingerprint density at radius 1 is 1.08 bits per heavy atom. The lowest BCUT2D eigenvalue weighted by Crippen LogP contribution is -2.37. The predicted molar refractivity (Wildman–Crippen MR) is 99.0 cm³/mol. The zero-order valence-electron chi connectivity index (χ0n) is 14.6. The molecule has 4 heteroatoms. The van der Waals surface area contributed by atoms with Gasteiger partial charge in [0, 0.05) is 13.2 Å². The summed E-state index contributed by atoms with van der Waals surface area (Å²) in [6, 6.07) is 11.3. The SMILES string of the molecule is NC(=NC1CCCCC1)NC(CC1CCOCC1)c1ccccc1. The Hall–Kier alpha value is -1.55. The number of ether oxygens (including phenoxy) is 1. The molecule has 132 valence electrons. The van der Waals surface area contributed by atoms with Gasteiger partial charge in [0.1, 0.15) is 0 Å². The van der Waals surface area contributed by atoms with Crippen molar-refractivity contribution >= 4 is 5.96 Å². The van der Waals surface area contributed by atoms with Gasteiger partial charge in [-0.2, -0.15) is 0 Å². The van der Waals surface area contributed by atoms with E-state index in [1.807, 2.05) is 0 Å². The minimum Gasteiger partial charge on any atom is -0.381 e. The Kier molecular flexibility index (Phi) is 6.53. The topological polar surface area (TPSA) is 59.6 Å². The maximum absolute atomic E-state index is 6.26. The van der Waals surface area contributed by atoms with Crippen molar-refractivity contribution < 1.29 is 4.74 Å². The molecule has 1 atom stereocenters. The highest BCUT2D eigenvalue weighted by Gasteiger charge is 2.21. The first-order valence-electron chi connectivity index (χ1n) is 9.54. The molecule has 3 rings (SSSR count). The molecule has 1 aliphatic heterocycles. The fourth-order valence-electron chi connectivity index (χ4n) is 3.90. The second-order valence-electron chi connectivity index (χ2n) is 7.21. The Labute approximate surface area is 145 Å². The van der Waals surface area contributed by atoms with Gasteiger partial charge in [0.05, 0.1) is 12.1 Å². The molecule has 0 bridgehead atoms. The van der Waals surface area contributed by atoms with Gasteiger partial charge in [0.25, 0.3) is 0 Å². The summed E-state index contributed by atoms with van der Waals surface area (Å²) in [4.78, 5) is 4.75. The van der Waals surface area contributed by atoms with Crippen LogP contribution in [0.25, 0.3) is 0 Å². The highest BCUT2D eigenvalue weighted by Crippen LogP contribution is 2.28. The highest BCUT2D eigenvalue weighted by atomic mass is 16.5. The molecule has 0 radical (unpaired) electrons. The average molecular weight is 329 g/mol. The van der Waals surface area contributed by atoms with Crippen LogP contribution in [0.2, 0.25) is 0 Å². The van der Waals surface area contributed by atoms with Gasteiger partial charge in [0.2, 0.25) is 0 Å². The van der Waals surface area contributed by atoms with E-state index in [1.54, 1.807) is 0 Å². The van der Waals surface area contributed by atoms with E-state index >= 15 is 0 Å². The Bertz CT molecular complexity index is 505. The second-order valence-corrected chi connectivity index (χ2v) is 7.21. The molecule has 1 aliphatic carbocycles. The first-order chi connectivity index (χ1) is 11.8. The van der Waals surface area contributed by atoms with E-state index in [1.165, 1.54) is 37.7 Å². The third-order valence-corrected chi connectivity index (χ3v) is 5.33. The first-order valence-corrected chi connectivity index (χ1v) is 9.54. The lowest BCUT2D eigenvalue weighted by atomic mass is 9.89. The fraction of sp³-hybridized carbons (Fsp3) is 0.650. The van der Waals surface area contributed by atoms with Crippen LogP contribution in [0.15, 0.2) is 35.3 Å². The van der Waals surface area contributed by atoms with E-state index < -0.39 is 0 Å². The molecule has 1 aromatic rings. The summed E-state index contributed by atoms with van der Waals surface area (Å²) in [5.74, 6) is 1.31. The highest BCUT2D eigenvalue weighted by molar-refractivity contribution is 5.78. The smallest absolute Gasteiger partial charge is 0.189 e. The summed E-state index contributed by atoms with van der Waals surface area (Å²) in [7, 11) is 0. The van der Waals surface area contributed by atoms with Crippen molar-refractivity contribution in [3.63, 3.8) is 0 Å². The van der Waals surface area contributed by atoms with E-state index in [0.29, 0.717) is 17.9 Å². The van der Waals surface area contributed by atoms with E-state index in [4.69, 9.17) is 15.5 Å². The third kappa shape index (κ3) is 5.23. The van der Waals surface area contributed by atoms with Crippen molar-refractivity contribution in [2.24, 2.45) is 16.6 Å². The number of aliphatic imine (C=N–C) groups is 1. The molecule has 1 aromatic carbocycles. The van der Waals surface area contributed by atoms with Gasteiger partial charge in [-0.15, -0.1) is 0 Å². The predicted octanol–water partition coefficient (Wildman–Crippen LogP) is 3.78. The van der Waals surface area contributed by atoms with Crippen LogP contribution in [0.5, 0.6) is 0 Å². The molecule has 2 fully saturated rings. The standard InChI is InChI=1S/C20H31N3O/c21-20(22-18-9-5-2-6-10-18)23-19(17-7-3-1-4-8-17)15-16-11-13-24-14-12-16/h1,3-4,7-8,16,18-19H,2,5-6,9-15H2,(H3,21,22,23). The fourth-order valence-corrected chi connectivity index (χ4v) is 3.90. The number of hydrogen-bond donors (Lipinski definition) is 2. The van der Waals surface area contributed by atoms with Gasteiger partial charge in [-0.25, -0.2) is 0 Å². The number of nitrogens with zero attached hydrogens (tertiary/aromatic N) is 1. The number of guanidine groups is 1. The largest absolute Gasteiger partial charge is 0.381 e. The van der Waals surface area contributed by atoms with Crippen LogP contribution in [-0.4, -0.2) is 25.2 Å². The van der Waals surface area contributed by atoms with E-state index in [-0.39, 0.29) is 6.04 Å². The minimum atomic E-state index is 0.238. The monoisotopic (exact) mass is 329 g/mol. The number of hydrogen-bond acceptors (Lipinski definition) is 2. The van der Waals surface area contributed by atoms with Crippen LogP contribution in [0.1, 0.15) is 63.0 Å². The lowest BCUT2D eigenvalue weighted by molar-refractivity contribution is 0.0612. The van der Waals surface area contributed by atoms with E-state index in [2.05, 4.69) is 35.6 Å². The molecule has 0 amide bonds. The number of rotatable bonds is 5. The van der Waals surface area contributed by atoms with Gasteiger partial charge >= 0.3 is 0 Å². The van der Waals surface area contributed by atoms with Crippen molar-refractivity contribution in [1.82, 2.24) is 5.32 Å². The van der Waals surface area contributed by atoms with Gasteiger partial charge in [-0.1, -0.05) is 49.6 Å². The molecule has 1 heterocycles. The van der Waals surface area contributed by atoms with Gasteiger partial charge in [-0.3, -0.25) is 4.99 Å². The van der Waals surface area contributed by atoms with Crippen molar-refractivity contribution in [1.29, 1.82) is 0 Å². The van der Waals surface area contributed by atoms with E-state index in [0.717, 1.165) is 32.5 Å². The maximum atomic E-state index is 6.26. The Morgan fingerprint density at radius 2 is 1.79 bits per heavy atom. The summed E-state index contributed by atoms with van der Waals surface area (Å²) < 4.78 is 5.50. The van der Waals surface area contributed by atoms with Crippen molar-refractivity contribution in [3.8, 4) is 0 Å². The minimum absolute atomic E-state index is 0.238. The molecular weight excluding hydrogens is 298 g/mol. The average Bonchev–Trinajstić information content (AvgIpc) is 2.63. The van der Waals surface area contributed by atoms with Crippen LogP contribution in [0.4, 0.5) is 0 Å². The van der Waals surface area contributed by atoms with Crippen LogP contribution in [0.3, 0.4) is 0 Å². The molecule has 24 heavy (non-hydrogen) atoms. The molecule has 0 spiro atoms. The van der Waals surface area contributed by atoms with Crippen LogP contribution >= 0.6 is 0 Å². The summed E-state index contributed by atoms with van der Waals surface area (Å²) in [5.41, 5.74) is 7.56. The second kappa shape index (κ2) is 9.07. The number of nitrogens with one attached hydrogen (secondary N) is 1. The number of benzene rings is 1. The molecule has 4 nitrogen and oxygen atoms in total. The Balaban J connectivity index is 1.65. The Morgan fingerprint density at radius 3 is 2.50 bits per heavy atom.